The van der Waals surface area contributed by atoms with Crippen molar-refractivity contribution in [1.82, 2.24) is 9.88 Å². The average molecular weight is 272 g/mol. The number of hydrogen-bond acceptors (Lipinski definition) is 3. The fourth-order valence-corrected chi connectivity index (χ4v) is 2.76. The van der Waals surface area contributed by atoms with Crippen molar-refractivity contribution < 1.29 is 9.53 Å². The van der Waals surface area contributed by atoms with Crippen LogP contribution < -0.4 is 0 Å². The lowest BCUT2D eigenvalue weighted by atomic mass is 10.1. The highest BCUT2D eigenvalue weighted by atomic mass is 16.5. The molecule has 1 aliphatic rings. The number of aromatic amines is 1. The predicted molar refractivity (Wildman–Crippen MR) is 79.1 cm³/mol. The second kappa shape index (κ2) is 5.38. The molecule has 4 nitrogen and oxygen atoms in total. The highest BCUT2D eigenvalue weighted by Gasteiger charge is 2.26. The Bertz CT molecular complexity index is 620. The number of hydrogen-bond donors (Lipinski definition) is 1. The Balaban J connectivity index is 1.79. The topological polar surface area (TPSA) is 45.3 Å². The Labute approximate surface area is 118 Å². The van der Waals surface area contributed by atoms with Crippen LogP contribution in [0.4, 0.5) is 0 Å². The molecule has 1 saturated heterocycles. The summed E-state index contributed by atoms with van der Waals surface area (Å²) in [7, 11) is 0. The molecule has 0 saturated carbocycles. The molecule has 1 aromatic heterocycles. The number of morpholine rings is 1. The Kier molecular flexibility index (Phi) is 3.59. The third-order valence-corrected chi connectivity index (χ3v) is 3.97. The monoisotopic (exact) mass is 272 g/mol. The standard InChI is InChI=1S/C16H20N2O2/c1-11-10-20-12(2)8-18(11)9-16(19)14-7-17-15-6-4-3-5-13(14)15/h3-7,11-12,17H,8-10H2,1-2H3. The molecule has 20 heavy (non-hydrogen) atoms. The van der Waals surface area contributed by atoms with Crippen molar-refractivity contribution in [2.45, 2.75) is 26.0 Å². The minimum atomic E-state index is 0.170. The zero-order chi connectivity index (χ0) is 14.1. The second-order valence-corrected chi connectivity index (χ2v) is 5.59. The maximum absolute atomic E-state index is 12.5. The van der Waals surface area contributed by atoms with E-state index in [1.54, 1.807) is 0 Å². The molecule has 0 spiro atoms. The van der Waals surface area contributed by atoms with Crippen molar-refractivity contribution in [3.8, 4) is 0 Å². The molecule has 1 fully saturated rings. The number of Topliss-reactive ketones (excluding diaryl/α,β-unsaturated/α-hetero) is 1. The van der Waals surface area contributed by atoms with Crippen LogP contribution in [0.25, 0.3) is 10.9 Å². The van der Waals surface area contributed by atoms with Gasteiger partial charge in [-0.25, -0.2) is 0 Å². The number of carbonyl (C=O) groups excluding carboxylic acids is 1. The molecule has 2 unspecified atom stereocenters. The van der Waals surface area contributed by atoms with E-state index in [1.165, 1.54) is 0 Å². The average Bonchev–Trinajstić information content (AvgIpc) is 2.87. The van der Waals surface area contributed by atoms with Crippen LogP contribution in [0.2, 0.25) is 0 Å². The summed E-state index contributed by atoms with van der Waals surface area (Å²) in [6.07, 6.45) is 2.02. The van der Waals surface area contributed by atoms with E-state index in [0.29, 0.717) is 19.2 Å². The summed E-state index contributed by atoms with van der Waals surface area (Å²) in [6, 6.07) is 8.21. The van der Waals surface area contributed by atoms with E-state index in [0.717, 1.165) is 23.0 Å². The number of rotatable bonds is 3. The lowest BCUT2D eigenvalue weighted by Crippen LogP contribution is -2.49. The van der Waals surface area contributed by atoms with Gasteiger partial charge in [-0.1, -0.05) is 18.2 Å². The van der Waals surface area contributed by atoms with E-state index in [4.69, 9.17) is 4.74 Å². The number of ether oxygens (including phenoxy) is 1. The molecule has 0 bridgehead atoms. The number of fused-ring (bicyclic) bond motifs is 1. The third-order valence-electron chi connectivity index (χ3n) is 3.97. The molecule has 0 amide bonds. The quantitative estimate of drug-likeness (QED) is 0.873. The van der Waals surface area contributed by atoms with Crippen molar-refractivity contribution in [1.29, 1.82) is 0 Å². The first-order chi connectivity index (χ1) is 9.65. The van der Waals surface area contributed by atoms with Crippen molar-refractivity contribution in [3.63, 3.8) is 0 Å². The summed E-state index contributed by atoms with van der Waals surface area (Å²) >= 11 is 0. The Morgan fingerprint density at radius 3 is 3.05 bits per heavy atom. The Morgan fingerprint density at radius 1 is 1.40 bits per heavy atom. The second-order valence-electron chi connectivity index (χ2n) is 5.59. The van der Waals surface area contributed by atoms with Gasteiger partial charge in [0.2, 0.25) is 0 Å². The lowest BCUT2D eigenvalue weighted by Gasteiger charge is -2.36. The summed E-state index contributed by atoms with van der Waals surface area (Å²) in [5.74, 6) is 0.170. The molecular weight excluding hydrogens is 252 g/mol. The van der Waals surface area contributed by atoms with Crippen LogP contribution in [-0.4, -0.2) is 47.5 Å². The van der Waals surface area contributed by atoms with Gasteiger partial charge in [0.05, 0.1) is 19.3 Å². The molecule has 4 heteroatoms. The van der Waals surface area contributed by atoms with Crippen LogP contribution in [0.3, 0.4) is 0 Å². The van der Waals surface area contributed by atoms with E-state index in [9.17, 15) is 4.79 Å². The van der Waals surface area contributed by atoms with Crippen LogP contribution in [-0.2, 0) is 4.74 Å². The Morgan fingerprint density at radius 2 is 2.20 bits per heavy atom. The lowest BCUT2D eigenvalue weighted by molar-refractivity contribution is -0.0460. The normalized spacial score (nSPS) is 24.1. The van der Waals surface area contributed by atoms with Gasteiger partial charge < -0.3 is 9.72 Å². The minimum Gasteiger partial charge on any atom is -0.376 e. The van der Waals surface area contributed by atoms with Gasteiger partial charge in [0, 0.05) is 35.2 Å². The molecule has 2 aromatic rings. The predicted octanol–water partition coefficient (Wildman–Crippen LogP) is 2.46. The first kappa shape index (κ1) is 13.3. The fourth-order valence-electron chi connectivity index (χ4n) is 2.76. The molecule has 1 aliphatic heterocycles. The van der Waals surface area contributed by atoms with Crippen LogP contribution >= 0.6 is 0 Å². The number of para-hydroxylation sites is 1. The minimum absolute atomic E-state index is 0.170. The third kappa shape index (κ3) is 2.49. The van der Waals surface area contributed by atoms with Gasteiger partial charge in [0.1, 0.15) is 0 Å². The number of aromatic nitrogens is 1. The van der Waals surface area contributed by atoms with Crippen LogP contribution in [0.5, 0.6) is 0 Å². The summed E-state index contributed by atoms with van der Waals surface area (Å²) in [6.45, 7) is 6.12. The van der Waals surface area contributed by atoms with Gasteiger partial charge in [0.25, 0.3) is 0 Å². The highest BCUT2D eigenvalue weighted by Crippen LogP contribution is 2.19. The molecule has 106 valence electrons. The first-order valence-corrected chi connectivity index (χ1v) is 7.10. The van der Waals surface area contributed by atoms with Gasteiger partial charge in [0.15, 0.2) is 5.78 Å². The first-order valence-electron chi connectivity index (χ1n) is 7.10. The van der Waals surface area contributed by atoms with Gasteiger partial charge in [-0.3, -0.25) is 9.69 Å². The van der Waals surface area contributed by atoms with Crippen LogP contribution in [0.1, 0.15) is 24.2 Å². The molecule has 2 atom stereocenters. The van der Waals surface area contributed by atoms with Crippen molar-refractivity contribution in [2.75, 3.05) is 19.7 Å². The number of carbonyl (C=O) groups is 1. The summed E-state index contributed by atoms with van der Waals surface area (Å²) < 4.78 is 5.60. The smallest absolute Gasteiger partial charge is 0.178 e. The van der Waals surface area contributed by atoms with Gasteiger partial charge >= 0.3 is 0 Å². The van der Waals surface area contributed by atoms with Crippen molar-refractivity contribution in [3.05, 3.63) is 36.0 Å². The number of ketones is 1. The molecule has 0 radical (unpaired) electrons. The molecule has 3 rings (SSSR count). The van der Waals surface area contributed by atoms with Crippen molar-refractivity contribution in [2.24, 2.45) is 0 Å². The van der Waals surface area contributed by atoms with Crippen LogP contribution in [0, 0.1) is 0 Å². The van der Waals surface area contributed by atoms with E-state index in [1.807, 2.05) is 30.5 Å². The number of H-pyrrole nitrogens is 1. The van der Waals surface area contributed by atoms with E-state index in [2.05, 4.69) is 23.7 Å². The molecule has 1 N–H and O–H groups in total. The number of benzene rings is 1. The Hall–Kier alpha value is -1.65. The summed E-state index contributed by atoms with van der Waals surface area (Å²) in [4.78, 5) is 17.9. The molecule has 0 aliphatic carbocycles. The zero-order valence-electron chi connectivity index (χ0n) is 11.9. The van der Waals surface area contributed by atoms with E-state index in [-0.39, 0.29) is 11.9 Å². The fraction of sp³-hybridized carbons (Fsp3) is 0.438. The largest absolute Gasteiger partial charge is 0.376 e. The molecule has 2 heterocycles. The SMILES string of the molecule is CC1CN(CC(=O)c2c[nH]c3ccccc23)C(C)CO1. The van der Waals surface area contributed by atoms with Gasteiger partial charge in [-0.2, -0.15) is 0 Å². The van der Waals surface area contributed by atoms with Crippen molar-refractivity contribution >= 4 is 16.7 Å². The zero-order valence-corrected chi connectivity index (χ0v) is 11.9. The summed E-state index contributed by atoms with van der Waals surface area (Å²) in [5, 5.41) is 1.01. The summed E-state index contributed by atoms with van der Waals surface area (Å²) in [5.41, 5.74) is 1.80. The van der Waals surface area contributed by atoms with Crippen LogP contribution in [0.15, 0.2) is 30.5 Å². The van der Waals surface area contributed by atoms with Gasteiger partial charge in [-0.05, 0) is 19.9 Å². The molecule has 1 aromatic carbocycles. The maximum atomic E-state index is 12.5. The van der Waals surface area contributed by atoms with E-state index >= 15 is 0 Å². The maximum Gasteiger partial charge on any atom is 0.178 e. The highest BCUT2D eigenvalue weighted by molar-refractivity contribution is 6.08. The molecular formula is C16H20N2O2. The number of nitrogens with zero attached hydrogens (tertiary/aromatic N) is 1. The number of nitrogens with one attached hydrogen (secondary N) is 1. The van der Waals surface area contributed by atoms with Gasteiger partial charge in [-0.15, -0.1) is 0 Å². The van der Waals surface area contributed by atoms with E-state index < -0.39 is 0 Å².